The Morgan fingerprint density at radius 3 is 3.24 bits per heavy atom. The molecule has 92 valence electrons. The van der Waals surface area contributed by atoms with E-state index >= 15 is 0 Å². The van der Waals surface area contributed by atoms with Crippen molar-refractivity contribution in [3.05, 3.63) is 11.5 Å². The summed E-state index contributed by atoms with van der Waals surface area (Å²) in [6.45, 7) is 5.09. The van der Waals surface area contributed by atoms with Crippen molar-refractivity contribution in [2.45, 2.75) is 18.9 Å². The van der Waals surface area contributed by atoms with Crippen molar-refractivity contribution < 1.29 is 4.74 Å². The fraction of sp³-hybridized carbons (Fsp3) is 0.545. The van der Waals surface area contributed by atoms with Crippen LogP contribution in [0.2, 0.25) is 0 Å². The molecule has 2 N–H and O–H groups in total. The number of nitrogens with one attached hydrogen (secondary N) is 2. The Balaban J connectivity index is 2.00. The molecule has 0 aromatic heterocycles. The van der Waals surface area contributed by atoms with Gasteiger partial charge in [0.15, 0.2) is 5.84 Å². The van der Waals surface area contributed by atoms with Gasteiger partial charge in [-0.1, -0.05) is 0 Å². The molecule has 6 heteroatoms. The molecule has 6 nitrogen and oxygen atoms in total. The number of hydrogen-bond acceptors (Lipinski definition) is 6. The topological polar surface area (TPSA) is 70.4 Å². The van der Waals surface area contributed by atoms with Gasteiger partial charge in [-0.25, -0.2) is 15.0 Å². The molecule has 1 fully saturated rings. The summed E-state index contributed by atoms with van der Waals surface area (Å²) in [5.41, 5.74) is 0.695. The molecule has 1 unspecified atom stereocenters. The van der Waals surface area contributed by atoms with Crippen LogP contribution in [0.15, 0.2) is 26.5 Å². The maximum atomic E-state index is 5.55. The lowest BCUT2D eigenvalue weighted by Gasteiger charge is -2.15. The Kier molecular flexibility index (Phi) is 3.87. The normalized spacial score (nSPS) is 25.7. The maximum Gasteiger partial charge on any atom is 0.182 e. The zero-order chi connectivity index (χ0) is 12.1. The molecule has 17 heavy (non-hydrogen) atoms. The zero-order valence-corrected chi connectivity index (χ0v) is 9.94. The fourth-order valence-corrected chi connectivity index (χ4v) is 1.86. The molecule has 1 saturated heterocycles. The summed E-state index contributed by atoms with van der Waals surface area (Å²) in [4.78, 5) is 12.0. The van der Waals surface area contributed by atoms with Gasteiger partial charge >= 0.3 is 0 Å². The summed E-state index contributed by atoms with van der Waals surface area (Å²) in [5, 5.41) is 6.34. The molecule has 2 rings (SSSR count). The third kappa shape index (κ3) is 2.71. The van der Waals surface area contributed by atoms with E-state index in [1.807, 2.05) is 7.05 Å². The SMILES string of the molecule is C=NC1=NC=N/C1=C(/NC)NCC1CCCO1. The molecule has 2 heterocycles. The molecule has 0 aliphatic carbocycles. The van der Waals surface area contributed by atoms with Crippen molar-refractivity contribution in [3.63, 3.8) is 0 Å². The summed E-state index contributed by atoms with van der Waals surface area (Å²) in [6.07, 6.45) is 3.99. The Hall–Kier alpha value is -1.69. The molecule has 0 spiro atoms. The molecular weight excluding hydrogens is 218 g/mol. The van der Waals surface area contributed by atoms with E-state index in [0.29, 0.717) is 11.5 Å². The average molecular weight is 235 g/mol. The van der Waals surface area contributed by atoms with Gasteiger partial charge in [0, 0.05) is 20.2 Å². The van der Waals surface area contributed by atoms with Crippen molar-refractivity contribution in [2.24, 2.45) is 15.0 Å². The number of amidine groups is 1. The van der Waals surface area contributed by atoms with Gasteiger partial charge in [0.05, 0.1) is 6.10 Å². The van der Waals surface area contributed by atoms with Crippen molar-refractivity contribution in [1.29, 1.82) is 0 Å². The van der Waals surface area contributed by atoms with Crippen LogP contribution in [0, 0.1) is 0 Å². The summed E-state index contributed by atoms with van der Waals surface area (Å²) in [6, 6.07) is 0. The van der Waals surface area contributed by atoms with E-state index in [-0.39, 0.29) is 6.10 Å². The first kappa shape index (κ1) is 11.8. The molecule has 0 bridgehead atoms. The van der Waals surface area contributed by atoms with Crippen LogP contribution >= 0.6 is 0 Å². The highest BCUT2D eigenvalue weighted by Gasteiger charge is 2.18. The van der Waals surface area contributed by atoms with Crippen LogP contribution in [-0.2, 0) is 4.74 Å². The molecule has 0 aromatic carbocycles. The predicted molar refractivity (Wildman–Crippen MR) is 68.5 cm³/mol. The standard InChI is InChI=1S/C11H17N5O/c1-12-10(9-11(13-2)16-7-15-9)14-6-8-4-3-5-17-8/h7-8,12,14H,2-6H2,1H3/b10-9-. The summed E-state index contributed by atoms with van der Waals surface area (Å²) in [7, 11) is 1.83. The molecular formula is C11H17N5O. The van der Waals surface area contributed by atoms with Gasteiger partial charge in [0.25, 0.3) is 0 Å². The van der Waals surface area contributed by atoms with Gasteiger partial charge in [0.1, 0.15) is 17.9 Å². The number of rotatable bonds is 4. The van der Waals surface area contributed by atoms with Crippen LogP contribution in [0.25, 0.3) is 0 Å². The van der Waals surface area contributed by atoms with Crippen molar-refractivity contribution in [1.82, 2.24) is 10.6 Å². The Morgan fingerprint density at radius 1 is 1.71 bits per heavy atom. The zero-order valence-electron chi connectivity index (χ0n) is 9.94. The minimum Gasteiger partial charge on any atom is -0.376 e. The third-order valence-electron chi connectivity index (χ3n) is 2.75. The van der Waals surface area contributed by atoms with E-state index in [4.69, 9.17) is 4.74 Å². The number of hydrogen-bond donors (Lipinski definition) is 2. The minimum absolute atomic E-state index is 0.279. The molecule has 0 radical (unpaired) electrons. The maximum absolute atomic E-state index is 5.55. The van der Waals surface area contributed by atoms with Gasteiger partial charge in [0.2, 0.25) is 0 Å². The van der Waals surface area contributed by atoms with Crippen molar-refractivity contribution >= 4 is 18.9 Å². The largest absolute Gasteiger partial charge is 0.376 e. The van der Waals surface area contributed by atoms with Gasteiger partial charge in [-0.2, -0.15) is 0 Å². The molecule has 2 aliphatic rings. The predicted octanol–water partition coefficient (Wildman–Crippen LogP) is 0.284. The van der Waals surface area contributed by atoms with Crippen molar-refractivity contribution in [2.75, 3.05) is 20.2 Å². The Bertz CT molecular complexity index is 379. The van der Waals surface area contributed by atoms with E-state index in [1.54, 1.807) is 0 Å². The summed E-state index contributed by atoms with van der Waals surface area (Å²) in [5.74, 6) is 1.34. The van der Waals surface area contributed by atoms with Gasteiger partial charge < -0.3 is 15.4 Å². The first-order valence-corrected chi connectivity index (χ1v) is 5.70. The van der Waals surface area contributed by atoms with E-state index in [1.165, 1.54) is 6.34 Å². The van der Waals surface area contributed by atoms with Crippen LogP contribution in [-0.4, -0.2) is 45.2 Å². The molecule has 1 atom stereocenters. The molecule has 0 amide bonds. The number of ether oxygens (including phenoxy) is 1. The quantitative estimate of drug-likeness (QED) is 0.688. The average Bonchev–Trinajstić information content (AvgIpc) is 3.00. The van der Waals surface area contributed by atoms with Crippen LogP contribution < -0.4 is 10.6 Å². The lowest BCUT2D eigenvalue weighted by molar-refractivity contribution is 0.112. The molecule has 2 aliphatic heterocycles. The van der Waals surface area contributed by atoms with Crippen molar-refractivity contribution in [3.8, 4) is 0 Å². The highest BCUT2D eigenvalue weighted by atomic mass is 16.5. The molecule has 0 aromatic rings. The van der Waals surface area contributed by atoms with Gasteiger partial charge in [-0.3, -0.25) is 0 Å². The monoisotopic (exact) mass is 235 g/mol. The van der Waals surface area contributed by atoms with Gasteiger partial charge in [-0.15, -0.1) is 0 Å². The third-order valence-corrected chi connectivity index (χ3v) is 2.75. The van der Waals surface area contributed by atoms with Crippen LogP contribution in [0.4, 0.5) is 0 Å². The fourth-order valence-electron chi connectivity index (χ4n) is 1.86. The second-order valence-corrected chi connectivity index (χ2v) is 3.84. The van der Waals surface area contributed by atoms with E-state index in [0.717, 1.165) is 31.8 Å². The minimum atomic E-state index is 0.279. The van der Waals surface area contributed by atoms with E-state index in [2.05, 4.69) is 32.3 Å². The Labute approximate surface area is 101 Å². The highest BCUT2D eigenvalue weighted by Crippen LogP contribution is 2.13. The molecule has 0 saturated carbocycles. The lowest BCUT2D eigenvalue weighted by Crippen LogP contribution is -2.32. The van der Waals surface area contributed by atoms with Crippen LogP contribution in [0.1, 0.15) is 12.8 Å². The number of aliphatic imine (C=N–C) groups is 3. The second kappa shape index (κ2) is 5.58. The highest BCUT2D eigenvalue weighted by molar-refractivity contribution is 6.08. The first-order valence-electron chi connectivity index (χ1n) is 5.70. The lowest BCUT2D eigenvalue weighted by atomic mass is 10.2. The number of nitrogens with zero attached hydrogens (tertiary/aromatic N) is 3. The van der Waals surface area contributed by atoms with Crippen LogP contribution in [0.5, 0.6) is 0 Å². The van der Waals surface area contributed by atoms with E-state index in [9.17, 15) is 0 Å². The van der Waals surface area contributed by atoms with Gasteiger partial charge in [-0.05, 0) is 19.6 Å². The van der Waals surface area contributed by atoms with Crippen LogP contribution in [0.3, 0.4) is 0 Å². The second-order valence-electron chi connectivity index (χ2n) is 3.84. The smallest absolute Gasteiger partial charge is 0.182 e. The summed E-state index contributed by atoms with van der Waals surface area (Å²) < 4.78 is 5.55. The Morgan fingerprint density at radius 2 is 2.59 bits per heavy atom. The first-order chi connectivity index (χ1) is 8.35. The van der Waals surface area contributed by atoms with E-state index < -0.39 is 0 Å². The summed E-state index contributed by atoms with van der Waals surface area (Å²) >= 11 is 0.